The first-order valence-electron chi connectivity index (χ1n) is 6.74. The van der Waals surface area contributed by atoms with Gasteiger partial charge in [-0.2, -0.15) is 0 Å². The van der Waals surface area contributed by atoms with Gasteiger partial charge >= 0.3 is 0 Å². The molecular weight excluding hydrogens is 202 g/mol. The van der Waals surface area contributed by atoms with Crippen LogP contribution in [-0.4, -0.2) is 36.1 Å². The first kappa shape index (κ1) is 11.9. The summed E-state index contributed by atoms with van der Waals surface area (Å²) in [7, 11) is 0. The molecule has 0 aromatic rings. The summed E-state index contributed by atoms with van der Waals surface area (Å²) in [5.74, 6) is 0.349. The van der Waals surface area contributed by atoms with Crippen molar-refractivity contribution in [2.24, 2.45) is 0 Å². The lowest BCUT2D eigenvalue weighted by Crippen LogP contribution is -2.54. The summed E-state index contributed by atoms with van der Waals surface area (Å²) >= 11 is 0. The van der Waals surface area contributed by atoms with E-state index >= 15 is 0 Å². The molecule has 92 valence electrons. The van der Waals surface area contributed by atoms with Gasteiger partial charge in [0.05, 0.1) is 18.8 Å². The Hall–Kier alpha value is -0.570. The van der Waals surface area contributed by atoms with Gasteiger partial charge < -0.3 is 9.64 Å². The van der Waals surface area contributed by atoms with Gasteiger partial charge in [0.15, 0.2) is 0 Å². The summed E-state index contributed by atoms with van der Waals surface area (Å²) in [5.41, 5.74) is 0. The van der Waals surface area contributed by atoms with Crippen molar-refractivity contribution in [3.8, 4) is 0 Å². The lowest BCUT2D eigenvalue weighted by molar-refractivity contribution is -0.149. The van der Waals surface area contributed by atoms with Gasteiger partial charge in [-0.1, -0.05) is 26.2 Å². The number of carbonyl (C=O) groups excluding carboxylic acids is 1. The number of hydrogen-bond donors (Lipinski definition) is 0. The Morgan fingerprint density at radius 1 is 1.38 bits per heavy atom. The van der Waals surface area contributed by atoms with Gasteiger partial charge in [-0.25, -0.2) is 0 Å². The third-order valence-corrected chi connectivity index (χ3v) is 3.80. The molecule has 2 fully saturated rings. The second-order valence-corrected chi connectivity index (χ2v) is 4.95. The Morgan fingerprint density at radius 2 is 2.19 bits per heavy atom. The molecule has 0 radical (unpaired) electrons. The average molecular weight is 225 g/mol. The molecule has 1 aliphatic carbocycles. The monoisotopic (exact) mass is 225 g/mol. The molecule has 1 heterocycles. The molecule has 1 amide bonds. The van der Waals surface area contributed by atoms with E-state index in [9.17, 15) is 4.79 Å². The molecule has 0 aromatic heterocycles. The highest BCUT2D eigenvalue weighted by atomic mass is 16.5. The third-order valence-electron chi connectivity index (χ3n) is 3.80. The van der Waals surface area contributed by atoms with E-state index in [2.05, 4.69) is 11.8 Å². The highest BCUT2D eigenvalue weighted by Gasteiger charge is 2.36. The van der Waals surface area contributed by atoms with Crippen LogP contribution in [0.5, 0.6) is 0 Å². The predicted molar refractivity (Wildman–Crippen MR) is 63.2 cm³/mol. The van der Waals surface area contributed by atoms with Crippen LogP contribution in [0.2, 0.25) is 0 Å². The zero-order chi connectivity index (χ0) is 11.4. The number of carbonyl (C=O) groups is 1. The normalized spacial score (nSPS) is 29.9. The van der Waals surface area contributed by atoms with Crippen molar-refractivity contribution in [3.05, 3.63) is 0 Å². The van der Waals surface area contributed by atoms with Crippen molar-refractivity contribution < 1.29 is 9.53 Å². The summed E-state index contributed by atoms with van der Waals surface area (Å²) in [5, 5.41) is 0. The number of nitrogens with zero attached hydrogens (tertiary/aromatic N) is 1. The Kier molecular flexibility index (Phi) is 4.22. The first-order valence-corrected chi connectivity index (χ1v) is 6.74. The molecule has 2 rings (SSSR count). The molecule has 3 nitrogen and oxygen atoms in total. The van der Waals surface area contributed by atoms with Crippen LogP contribution in [0.25, 0.3) is 0 Å². The minimum absolute atomic E-state index is 0.327. The molecule has 16 heavy (non-hydrogen) atoms. The maximum absolute atomic E-state index is 12.1. The number of ether oxygens (including phenoxy) is 1. The van der Waals surface area contributed by atoms with E-state index in [0.717, 1.165) is 45.3 Å². The van der Waals surface area contributed by atoms with Gasteiger partial charge in [0.1, 0.15) is 0 Å². The maximum atomic E-state index is 12.1. The van der Waals surface area contributed by atoms with E-state index in [4.69, 9.17) is 4.74 Å². The number of hydrogen-bond acceptors (Lipinski definition) is 2. The largest absolute Gasteiger partial charge is 0.374 e. The van der Waals surface area contributed by atoms with Crippen molar-refractivity contribution in [1.82, 2.24) is 4.90 Å². The zero-order valence-corrected chi connectivity index (χ0v) is 10.3. The van der Waals surface area contributed by atoms with Crippen LogP contribution in [0, 0.1) is 0 Å². The molecule has 1 saturated carbocycles. The summed E-state index contributed by atoms with van der Waals surface area (Å²) < 4.78 is 5.77. The van der Waals surface area contributed by atoms with Crippen molar-refractivity contribution in [3.63, 3.8) is 0 Å². The summed E-state index contributed by atoms with van der Waals surface area (Å²) in [6, 6.07) is 0.381. The molecule has 0 bridgehead atoms. The SMILES string of the molecule is CCCCC(=O)N1CCOC2CCCCC21. The molecule has 0 N–H and O–H groups in total. The molecule has 2 atom stereocenters. The highest BCUT2D eigenvalue weighted by molar-refractivity contribution is 5.76. The fraction of sp³-hybridized carbons (Fsp3) is 0.923. The lowest BCUT2D eigenvalue weighted by Gasteiger charge is -2.43. The molecule has 1 saturated heterocycles. The number of amides is 1. The standard InChI is InChI=1S/C13H23NO2/c1-2-3-8-13(15)14-9-10-16-12-7-5-4-6-11(12)14/h11-12H,2-10H2,1H3. The van der Waals surface area contributed by atoms with Crippen LogP contribution in [0.15, 0.2) is 0 Å². The molecule has 1 aliphatic heterocycles. The minimum atomic E-state index is 0.327. The molecule has 2 aliphatic rings. The van der Waals surface area contributed by atoms with E-state index in [1.165, 1.54) is 12.8 Å². The Bertz CT molecular complexity index is 240. The lowest BCUT2D eigenvalue weighted by atomic mass is 9.90. The maximum Gasteiger partial charge on any atom is 0.222 e. The minimum Gasteiger partial charge on any atom is -0.374 e. The first-order chi connectivity index (χ1) is 7.83. The Labute approximate surface area is 98.1 Å². The van der Waals surface area contributed by atoms with Gasteiger partial charge in [0.25, 0.3) is 0 Å². The quantitative estimate of drug-likeness (QED) is 0.738. The van der Waals surface area contributed by atoms with Gasteiger partial charge in [0, 0.05) is 13.0 Å². The summed E-state index contributed by atoms with van der Waals surface area (Å²) in [4.78, 5) is 14.2. The van der Waals surface area contributed by atoms with Gasteiger partial charge in [-0.15, -0.1) is 0 Å². The topological polar surface area (TPSA) is 29.5 Å². The predicted octanol–water partition coefficient (Wildman–Crippen LogP) is 2.35. The molecule has 2 unspecified atom stereocenters. The van der Waals surface area contributed by atoms with Gasteiger partial charge in [-0.3, -0.25) is 4.79 Å². The zero-order valence-electron chi connectivity index (χ0n) is 10.3. The van der Waals surface area contributed by atoms with E-state index < -0.39 is 0 Å². The van der Waals surface area contributed by atoms with Crippen LogP contribution in [0.1, 0.15) is 51.9 Å². The van der Waals surface area contributed by atoms with E-state index in [1.807, 2.05) is 0 Å². The van der Waals surface area contributed by atoms with E-state index in [0.29, 0.717) is 18.1 Å². The number of rotatable bonds is 3. The van der Waals surface area contributed by atoms with Crippen molar-refractivity contribution in [2.45, 2.75) is 64.0 Å². The number of morpholine rings is 1. The number of fused-ring (bicyclic) bond motifs is 1. The molecule has 0 aromatic carbocycles. The Morgan fingerprint density at radius 3 is 3.00 bits per heavy atom. The van der Waals surface area contributed by atoms with Crippen LogP contribution in [0.3, 0.4) is 0 Å². The third kappa shape index (κ3) is 2.57. The van der Waals surface area contributed by atoms with Crippen molar-refractivity contribution in [2.75, 3.05) is 13.2 Å². The van der Waals surface area contributed by atoms with Crippen LogP contribution < -0.4 is 0 Å². The van der Waals surface area contributed by atoms with Crippen LogP contribution >= 0.6 is 0 Å². The second kappa shape index (κ2) is 5.67. The summed E-state index contributed by atoms with van der Waals surface area (Å²) in [6.45, 7) is 3.68. The molecule has 0 spiro atoms. The highest BCUT2D eigenvalue weighted by Crippen LogP contribution is 2.28. The smallest absolute Gasteiger partial charge is 0.222 e. The van der Waals surface area contributed by atoms with Crippen molar-refractivity contribution in [1.29, 1.82) is 0 Å². The van der Waals surface area contributed by atoms with E-state index in [-0.39, 0.29) is 0 Å². The second-order valence-electron chi connectivity index (χ2n) is 4.95. The fourth-order valence-corrected chi connectivity index (χ4v) is 2.88. The van der Waals surface area contributed by atoms with Gasteiger partial charge in [0.2, 0.25) is 5.91 Å². The van der Waals surface area contributed by atoms with Crippen molar-refractivity contribution >= 4 is 5.91 Å². The Balaban J connectivity index is 1.93. The van der Waals surface area contributed by atoms with Crippen LogP contribution in [0.4, 0.5) is 0 Å². The fourth-order valence-electron chi connectivity index (χ4n) is 2.88. The average Bonchev–Trinajstić information content (AvgIpc) is 2.35. The van der Waals surface area contributed by atoms with Crippen LogP contribution in [-0.2, 0) is 9.53 Å². The number of unbranched alkanes of at least 4 members (excludes halogenated alkanes) is 1. The molecule has 3 heteroatoms. The molecular formula is C13H23NO2. The van der Waals surface area contributed by atoms with Gasteiger partial charge in [-0.05, 0) is 19.3 Å². The summed E-state index contributed by atoms with van der Waals surface area (Å²) in [6.07, 6.45) is 7.97. The van der Waals surface area contributed by atoms with E-state index in [1.54, 1.807) is 0 Å².